The molecule has 4 heteroatoms. The SMILES string of the molecule is COc1ccc(-c2ccc(CNC3CCCNC3)s2)cc1. The molecule has 0 spiro atoms. The van der Waals surface area contributed by atoms with Gasteiger partial charge in [-0.15, -0.1) is 11.3 Å². The number of rotatable bonds is 5. The standard InChI is InChI=1S/C17H22N2OS/c1-20-15-6-4-13(5-7-15)17-9-8-16(21-17)12-19-14-3-2-10-18-11-14/h4-9,14,18-19H,2-3,10-12H2,1H3. The second-order valence-corrected chi connectivity index (χ2v) is 6.59. The minimum atomic E-state index is 0.616. The molecule has 0 bridgehead atoms. The summed E-state index contributed by atoms with van der Waals surface area (Å²) in [7, 11) is 1.70. The van der Waals surface area contributed by atoms with Gasteiger partial charge in [0.15, 0.2) is 0 Å². The van der Waals surface area contributed by atoms with Gasteiger partial charge >= 0.3 is 0 Å². The molecule has 1 unspecified atom stereocenters. The summed E-state index contributed by atoms with van der Waals surface area (Å²) in [4.78, 5) is 2.71. The Bertz CT molecular complexity index is 558. The van der Waals surface area contributed by atoms with E-state index in [4.69, 9.17) is 4.74 Å². The molecule has 0 aliphatic carbocycles. The lowest BCUT2D eigenvalue weighted by Gasteiger charge is -2.23. The molecule has 1 fully saturated rings. The fourth-order valence-corrected chi connectivity index (χ4v) is 3.62. The highest BCUT2D eigenvalue weighted by molar-refractivity contribution is 7.15. The van der Waals surface area contributed by atoms with Crippen molar-refractivity contribution in [1.29, 1.82) is 0 Å². The Hall–Kier alpha value is -1.36. The average molecular weight is 302 g/mol. The Morgan fingerprint density at radius 2 is 2.10 bits per heavy atom. The maximum atomic E-state index is 5.20. The van der Waals surface area contributed by atoms with E-state index >= 15 is 0 Å². The molecule has 1 aromatic heterocycles. The van der Waals surface area contributed by atoms with E-state index in [0.29, 0.717) is 6.04 Å². The molecule has 2 aromatic rings. The van der Waals surface area contributed by atoms with Crippen molar-refractivity contribution in [3.05, 3.63) is 41.3 Å². The molecule has 0 radical (unpaired) electrons. The fraction of sp³-hybridized carbons (Fsp3) is 0.412. The Labute approximate surface area is 130 Å². The van der Waals surface area contributed by atoms with Gasteiger partial charge in [0.2, 0.25) is 0 Å². The highest BCUT2D eigenvalue weighted by atomic mass is 32.1. The normalized spacial score (nSPS) is 18.6. The van der Waals surface area contributed by atoms with E-state index in [1.807, 2.05) is 23.5 Å². The van der Waals surface area contributed by atoms with Gasteiger partial charge in [0, 0.05) is 28.9 Å². The molecule has 3 rings (SSSR count). The lowest BCUT2D eigenvalue weighted by Crippen LogP contribution is -2.42. The maximum Gasteiger partial charge on any atom is 0.118 e. The van der Waals surface area contributed by atoms with E-state index in [9.17, 15) is 0 Å². The minimum absolute atomic E-state index is 0.616. The lowest BCUT2D eigenvalue weighted by molar-refractivity contribution is 0.390. The van der Waals surface area contributed by atoms with Gasteiger partial charge in [-0.05, 0) is 61.3 Å². The van der Waals surface area contributed by atoms with E-state index in [2.05, 4.69) is 34.9 Å². The first-order valence-electron chi connectivity index (χ1n) is 7.52. The molecule has 1 atom stereocenters. The predicted octanol–water partition coefficient (Wildman–Crippen LogP) is 3.27. The number of piperidine rings is 1. The number of hydrogen-bond acceptors (Lipinski definition) is 4. The van der Waals surface area contributed by atoms with Crippen LogP contribution in [0.3, 0.4) is 0 Å². The Morgan fingerprint density at radius 1 is 1.24 bits per heavy atom. The van der Waals surface area contributed by atoms with Crippen LogP contribution < -0.4 is 15.4 Å². The van der Waals surface area contributed by atoms with Crippen LogP contribution in [-0.2, 0) is 6.54 Å². The smallest absolute Gasteiger partial charge is 0.118 e. The second-order valence-electron chi connectivity index (χ2n) is 5.42. The van der Waals surface area contributed by atoms with Crippen molar-refractivity contribution < 1.29 is 4.74 Å². The number of benzene rings is 1. The number of methoxy groups -OCH3 is 1. The molecule has 1 saturated heterocycles. The summed E-state index contributed by atoms with van der Waals surface area (Å²) in [5, 5.41) is 7.09. The minimum Gasteiger partial charge on any atom is -0.497 e. The highest BCUT2D eigenvalue weighted by Crippen LogP contribution is 2.29. The van der Waals surface area contributed by atoms with E-state index < -0.39 is 0 Å². The highest BCUT2D eigenvalue weighted by Gasteiger charge is 2.12. The molecule has 21 heavy (non-hydrogen) atoms. The Kier molecular flexibility index (Phi) is 4.91. The monoisotopic (exact) mass is 302 g/mol. The number of hydrogen-bond donors (Lipinski definition) is 2. The van der Waals surface area contributed by atoms with Crippen LogP contribution in [0, 0.1) is 0 Å². The zero-order chi connectivity index (χ0) is 14.5. The van der Waals surface area contributed by atoms with Gasteiger partial charge in [0.25, 0.3) is 0 Å². The molecule has 0 amide bonds. The topological polar surface area (TPSA) is 33.3 Å². The first-order valence-corrected chi connectivity index (χ1v) is 8.34. The van der Waals surface area contributed by atoms with Gasteiger partial charge in [-0.1, -0.05) is 0 Å². The summed E-state index contributed by atoms with van der Waals surface area (Å²) >= 11 is 1.86. The van der Waals surface area contributed by atoms with Crippen molar-refractivity contribution in [2.45, 2.75) is 25.4 Å². The molecule has 2 N–H and O–H groups in total. The van der Waals surface area contributed by atoms with Gasteiger partial charge < -0.3 is 15.4 Å². The molecular formula is C17H22N2OS. The van der Waals surface area contributed by atoms with Gasteiger partial charge in [-0.2, -0.15) is 0 Å². The summed E-state index contributed by atoms with van der Waals surface area (Å²) in [6, 6.07) is 13.3. The molecular weight excluding hydrogens is 280 g/mol. The molecule has 0 saturated carbocycles. The third-order valence-corrected chi connectivity index (χ3v) is 5.03. The van der Waals surface area contributed by atoms with Gasteiger partial charge in [-0.3, -0.25) is 0 Å². The van der Waals surface area contributed by atoms with Gasteiger partial charge in [-0.25, -0.2) is 0 Å². The first-order chi connectivity index (χ1) is 10.3. The van der Waals surface area contributed by atoms with Crippen LogP contribution in [0.25, 0.3) is 10.4 Å². The van der Waals surface area contributed by atoms with Crippen molar-refractivity contribution in [3.8, 4) is 16.2 Å². The van der Waals surface area contributed by atoms with E-state index in [1.54, 1.807) is 7.11 Å². The quantitative estimate of drug-likeness (QED) is 0.889. The molecule has 2 heterocycles. The van der Waals surface area contributed by atoms with Crippen LogP contribution in [-0.4, -0.2) is 26.2 Å². The third-order valence-electron chi connectivity index (χ3n) is 3.90. The first kappa shape index (κ1) is 14.6. The van der Waals surface area contributed by atoms with Crippen LogP contribution >= 0.6 is 11.3 Å². The molecule has 112 valence electrons. The molecule has 1 aliphatic rings. The van der Waals surface area contributed by atoms with E-state index in [1.165, 1.54) is 34.7 Å². The van der Waals surface area contributed by atoms with Gasteiger partial charge in [0.1, 0.15) is 5.75 Å². The lowest BCUT2D eigenvalue weighted by atomic mass is 10.1. The zero-order valence-corrected chi connectivity index (χ0v) is 13.2. The van der Waals surface area contributed by atoms with Crippen LogP contribution in [0.5, 0.6) is 5.75 Å². The van der Waals surface area contributed by atoms with Gasteiger partial charge in [0.05, 0.1) is 7.11 Å². The molecule has 1 aliphatic heterocycles. The second kappa shape index (κ2) is 7.07. The number of thiophene rings is 1. The van der Waals surface area contributed by atoms with Crippen molar-refractivity contribution in [2.24, 2.45) is 0 Å². The third kappa shape index (κ3) is 3.84. The summed E-state index contributed by atoms with van der Waals surface area (Å²) < 4.78 is 5.20. The van der Waals surface area contributed by atoms with Crippen LogP contribution in [0.2, 0.25) is 0 Å². The summed E-state index contributed by atoms with van der Waals surface area (Å²) in [6.07, 6.45) is 2.56. The van der Waals surface area contributed by atoms with E-state index in [0.717, 1.165) is 18.8 Å². The summed E-state index contributed by atoms with van der Waals surface area (Å²) in [5.74, 6) is 0.905. The Balaban J connectivity index is 1.59. The van der Waals surface area contributed by atoms with Crippen molar-refractivity contribution in [1.82, 2.24) is 10.6 Å². The largest absolute Gasteiger partial charge is 0.497 e. The number of ether oxygens (including phenoxy) is 1. The summed E-state index contributed by atoms with van der Waals surface area (Å²) in [6.45, 7) is 3.22. The van der Waals surface area contributed by atoms with Crippen LogP contribution in [0.4, 0.5) is 0 Å². The van der Waals surface area contributed by atoms with Crippen molar-refractivity contribution in [2.75, 3.05) is 20.2 Å². The van der Waals surface area contributed by atoms with Crippen LogP contribution in [0.15, 0.2) is 36.4 Å². The predicted molar refractivity (Wildman–Crippen MR) is 89.0 cm³/mol. The maximum absolute atomic E-state index is 5.20. The average Bonchev–Trinajstić information content (AvgIpc) is 3.03. The summed E-state index contributed by atoms with van der Waals surface area (Å²) in [5.41, 5.74) is 1.26. The van der Waals surface area contributed by atoms with Crippen molar-refractivity contribution in [3.63, 3.8) is 0 Å². The van der Waals surface area contributed by atoms with Crippen molar-refractivity contribution >= 4 is 11.3 Å². The van der Waals surface area contributed by atoms with Crippen LogP contribution in [0.1, 0.15) is 17.7 Å². The molecule has 3 nitrogen and oxygen atoms in total. The molecule has 1 aromatic carbocycles. The number of nitrogens with one attached hydrogen (secondary N) is 2. The van der Waals surface area contributed by atoms with E-state index in [-0.39, 0.29) is 0 Å². The Morgan fingerprint density at radius 3 is 2.81 bits per heavy atom. The fourth-order valence-electron chi connectivity index (χ4n) is 2.65. The zero-order valence-electron chi connectivity index (χ0n) is 12.4.